The molecule has 0 aliphatic rings. The Hall–Kier alpha value is -2.37. The van der Waals surface area contributed by atoms with Crippen LogP contribution in [-0.4, -0.2) is 10.2 Å². The Morgan fingerprint density at radius 1 is 0.778 bits per heavy atom. The maximum atomic E-state index is 6.03. The summed E-state index contributed by atoms with van der Waals surface area (Å²) in [6.07, 6.45) is 0. The Balaban J connectivity index is 1.57. The minimum Gasteiger partial charge on any atom is -0.415 e. The van der Waals surface area contributed by atoms with Crippen molar-refractivity contribution in [1.29, 1.82) is 0 Å². The summed E-state index contributed by atoms with van der Waals surface area (Å²) in [5.41, 5.74) is 3.49. The van der Waals surface area contributed by atoms with Crippen molar-refractivity contribution < 1.29 is 4.42 Å². The lowest BCUT2D eigenvalue weighted by Crippen LogP contribution is -2.03. The van der Waals surface area contributed by atoms with E-state index in [0.717, 1.165) is 21.4 Å². The number of thioether (sulfide) groups is 1. The van der Waals surface area contributed by atoms with Crippen molar-refractivity contribution in [2.45, 2.75) is 16.9 Å². The fourth-order valence-electron chi connectivity index (χ4n) is 2.89. The van der Waals surface area contributed by atoms with Crippen molar-refractivity contribution in [3.05, 3.63) is 112 Å². The Kier molecular flexibility index (Phi) is 5.70. The van der Waals surface area contributed by atoms with Crippen LogP contribution in [0.15, 0.2) is 99.0 Å². The van der Waals surface area contributed by atoms with Crippen molar-refractivity contribution in [2.75, 3.05) is 0 Å². The van der Waals surface area contributed by atoms with Gasteiger partial charge < -0.3 is 4.42 Å². The van der Waals surface area contributed by atoms with Crippen LogP contribution in [-0.2, 0) is 5.75 Å². The van der Waals surface area contributed by atoms with Gasteiger partial charge in [0.25, 0.3) is 5.22 Å². The smallest absolute Gasteiger partial charge is 0.276 e. The molecule has 0 aliphatic carbocycles. The van der Waals surface area contributed by atoms with E-state index in [0.29, 0.717) is 11.1 Å². The van der Waals surface area contributed by atoms with Gasteiger partial charge in [0, 0.05) is 10.2 Å². The zero-order valence-electron chi connectivity index (χ0n) is 14.5. The lowest BCUT2D eigenvalue weighted by atomic mass is 9.91. The van der Waals surface area contributed by atoms with E-state index in [1.807, 2.05) is 48.5 Å². The average Bonchev–Trinajstić information content (AvgIpc) is 3.18. The first-order valence-corrected chi connectivity index (χ1v) is 10.4. The van der Waals surface area contributed by atoms with Crippen LogP contribution in [0.5, 0.6) is 0 Å². The molecule has 1 aromatic heterocycles. The van der Waals surface area contributed by atoms with Crippen LogP contribution in [0.4, 0.5) is 0 Å². The second kappa shape index (κ2) is 8.55. The predicted molar refractivity (Wildman–Crippen MR) is 112 cm³/mol. The maximum absolute atomic E-state index is 6.03. The van der Waals surface area contributed by atoms with Crippen LogP contribution >= 0.6 is 27.7 Å². The van der Waals surface area contributed by atoms with E-state index < -0.39 is 0 Å². The van der Waals surface area contributed by atoms with Crippen LogP contribution in [0, 0.1) is 0 Å². The molecule has 0 aliphatic heterocycles. The number of hydrogen-bond donors (Lipinski definition) is 0. The molecule has 0 spiro atoms. The lowest BCUT2D eigenvalue weighted by Gasteiger charge is -2.13. The van der Waals surface area contributed by atoms with E-state index in [2.05, 4.69) is 62.5 Å². The summed E-state index contributed by atoms with van der Waals surface area (Å²) < 4.78 is 7.11. The molecule has 3 nitrogen and oxygen atoms in total. The molecule has 0 unspecified atom stereocenters. The molecular weight excluding hydrogens is 420 g/mol. The average molecular weight is 437 g/mol. The van der Waals surface area contributed by atoms with Crippen LogP contribution in [0.3, 0.4) is 0 Å². The first-order chi connectivity index (χ1) is 13.3. The van der Waals surface area contributed by atoms with E-state index in [1.165, 1.54) is 5.56 Å². The third-order valence-electron chi connectivity index (χ3n) is 4.21. The third-order valence-corrected chi connectivity index (χ3v) is 5.63. The molecule has 0 saturated heterocycles. The highest BCUT2D eigenvalue weighted by Gasteiger charge is 2.22. The largest absolute Gasteiger partial charge is 0.415 e. The van der Waals surface area contributed by atoms with Gasteiger partial charge >= 0.3 is 0 Å². The zero-order valence-corrected chi connectivity index (χ0v) is 16.9. The lowest BCUT2D eigenvalue weighted by molar-refractivity contribution is 0.409. The Morgan fingerprint density at radius 2 is 1.37 bits per heavy atom. The molecule has 4 aromatic rings. The minimum atomic E-state index is -0.0677. The monoisotopic (exact) mass is 436 g/mol. The normalized spacial score (nSPS) is 11.0. The molecule has 0 amide bonds. The minimum absolute atomic E-state index is 0.0677. The van der Waals surface area contributed by atoms with Gasteiger partial charge in [-0.3, -0.25) is 0 Å². The second-order valence-electron chi connectivity index (χ2n) is 6.08. The van der Waals surface area contributed by atoms with Gasteiger partial charge in [-0.05, 0) is 28.8 Å². The summed E-state index contributed by atoms with van der Waals surface area (Å²) in [5.74, 6) is 1.34. The van der Waals surface area contributed by atoms with Gasteiger partial charge in [0.15, 0.2) is 0 Å². The van der Waals surface area contributed by atoms with Crippen LogP contribution in [0.25, 0.3) is 0 Å². The number of nitrogens with zero attached hydrogens (tertiary/aromatic N) is 2. The molecule has 27 heavy (non-hydrogen) atoms. The maximum Gasteiger partial charge on any atom is 0.276 e. The van der Waals surface area contributed by atoms with E-state index in [-0.39, 0.29) is 5.92 Å². The van der Waals surface area contributed by atoms with Crippen molar-refractivity contribution in [2.24, 2.45) is 0 Å². The SMILES string of the molecule is Brc1ccc(CSc2nnc(C(c3ccccc3)c3ccccc3)o2)cc1. The van der Waals surface area contributed by atoms with Crippen molar-refractivity contribution in [3.8, 4) is 0 Å². The fraction of sp³-hybridized carbons (Fsp3) is 0.0909. The highest BCUT2D eigenvalue weighted by molar-refractivity contribution is 9.10. The Labute approximate surface area is 171 Å². The molecule has 5 heteroatoms. The molecule has 0 N–H and O–H groups in total. The third kappa shape index (κ3) is 4.49. The van der Waals surface area contributed by atoms with Gasteiger partial charge in [-0.25, -0.2) is 0 Å². The summed E-state index contributed by atoms with van der Waals surface area (Å²) in [7, 11) is 0. The van der Waals surface area contributed by atoms with Crippen molar-refractivity contribution in [1.82, 2.24) is 10.2 Å². The topological polar surface area (TPSA) is 38.9 Å². The first kappa shape index (κ1) is 18.0. The summed E-state index contributed by atoms with van der Waals surface area (Å²) in [6.45, 7) is 0. The van der Waals surface area contributed by atoms with Gasteiger partial charge in [-0.2, -0.15) is 0 Å². The molecular formula is C22H17BrN2OS. The molecule has 0 bridgehead atoms. The number of rotatable bonds is 6. The molecule has 4 rings (SSSR count). The summed E-state index contributed by atoms with van der Waals surface area (Å²) in [5, 5.41) is 9.20. The van der Waals surface area contributed by atoms with Crippen LogP contribution < -0.4 is 0 Å². The van der Waals surface area contributed by atoms with Crippen molar-refractivity contribution in [3.63, 3.8) is 0 Å². The van der Waals surface area contributed by atoms with Crippen LogP contribution in [0.1, 0.15) is 28.5 Å². The molecule has 0 fully saturated rings. The van der Waals surface area contributed by atoms with Gasteiger partial charge in [0.2, 0.25) is 5.89 Å². The molecule has 0 atom stereocenters. The standard InChI is InChI=1S/C22H17BrN2OS/c23-19-13-11-16(12-14-19)15-27-22-25-24-21(26-22)20(17-7-3-1-4-8-17)18-9-5-2-6-10-18/h1-14,20H,15H2. The van der Waals surface area contributed by atoms with Gasteiger partial charge in [0.1, 0.15) is 0 Å². The van der Waals surface area contributed by atoms with Gasteiger partial charge in [-0.15, -0.1) is 10.2 Å². The van der Waals surface area contributed by atoms with Gasteiger partial charge in [0.05, 0.1) is 5.92 Å². The summed E-state index contributed by atoms with van der Waals surface area (Å²) in [4.78, 5) is 0. The quantitative estimate of drug-likeness (QED) is 0.332. The summed E-state index contributed by atoms with van der Waals surface area (Å²) in [6, 6.07) is 28.8. The summed E-state index contributed by atoms with van der Waals surface area (Å²) >= 11 is 5.01. The zero-order chi connectivity index (χ0) is 18.5. The number of aromatic nitrogens is 2. The fourth-order valence-corrected chi connectivity index (χ4v) is 3.88. The second-order valence-corrected chi connectivity index (χ2v) is 7.92. The van der Waals surface area contributed by atoms with Gasteiger partial charge in [-0.1, -0.05) is 100 Å². The highest BCUT2D eigenvalue weighted by atomic mass is 79.9. The van der Waals surface area contributed by atoms with E-state index >= 15 is 0 Å². The Bertz CT molecular complexity index is 948. The number of hydrogen-bond acceptors (Lipinski definition) is 4. The molecule has 3 aromatic carbocycles. The molecule has 0 radical (unpaired) electrons. The van der Waals surface area contributed by atoms with Crippen molar-refractivity contribution >= 4 is 27.7 Å². The van der Waals surface area contributed by atoms with E-state index in [9.17, 15) is 0 Å². The van der Waals surface area contributed by atoms with E-state index in [4.69, 9.17) is 4.42 Å². The molecule has 0 saturated carbocycles. The van der Waals surface area contributed by atoms with Crippen LogP contribution in [0.2, 0.25) is 0 Å². The Morgan fingerprint density at radius 3 is 1.96 bits per heavy atom. The first-order valence-electron chi connectivity index (χ1n) is 8.60. The van der Waals surface area contributed by atoms with E-state index in [1.54, 1.807) is 11.8 Å². The molecule has 134 valence electrons. The number of benzene rings is 3. The predicted octanol–water partition coefficient (Wildman–Crippen LogP) is 6.30. The molecule has 1 heterocycles. The highest BCUT2D eigenvalue weighted by Crippen LogP contribution is 2.33. The number of halogens is 1.